The number of hydrogen-bond donors (Lipinski definition) is 2. The Hall–Kier alpha value is -2.52. The van der Waals surface area contributed by atoms with Crippen LogP contribution in [0.3, 0.4) is 0 Å². The molecule has 4 fully saturated rings. The van der Waals surface area contributed by atoms with Gasteiger partial charge in [-0.15, -0.1) is 0 Å². The summed E-state index contributed by atoms with van der Waals surface area (Å²) in [5.41, 5.74) is 1.60. The van der Waals surface area contributed by atoms with Gasteiger partial charge in [-0.05, 0) is 126 Å². The normalized spacial score (nSPS) is 32.3. The molecule has 1 aliphatic heterocycles. The van der Waals surface area contributed by atoms with E-state index in [0.29, 0.717) is 31.1 Å². The molecule has 5 aliphatic rings. The van der Waals surface area contributed by atoms with E-state index in [1.807, 2.05) is 0 Å². The van der Waals surface area contributed by atoms with Crippen LogP contribution >= 0.6 is 0 Å². The minimum Gasteiger partial charge on any atom is -0.498 e. The number of ketones is 1. The zero-order chi connectivity index (χ0) is 42.5. The lowest BCUT2D eigenvalue weighted by Gasteiger charge is -2.42. The average Bonchev–Trinajstić information content (AvgIpc) is 3.23. The van der Waals surface area contributed by atoms with E-state index in [9.17, 15) is 29.4 Å². The minimum absolute atomic E-state index is 0. The van der Waals surface area contributed by atoms with Gasteiger partial charge in [-0.2, -0.15) is 0 Å². The third-order valence-electron chi connectivity index (χ3n) is 14.5. The predicted molar refractivity (Wildman–Crippen MR) is 229 cm³/mol. The second-order valence-corrected chi connectivity index (χ2v) is 19.3. The lowest BCUT2D eigenvalue weighted by molar-refractivity contribution is -0.142. The molecular formula is C48H84O9. The second kappa shape index (κ2) is 25.2. The number of hydrogen-bond acceptors (Lipinski definition) is 9. The fourth-order valence-corrected chi connectivity index (χ4v) is 9.08. The first-order valence-electron chi connectivity index (χ1n) is 22.3. The van der Waals surface area contributed by atoms with Crippen molar-refractivity contribution in [3.8, 4) is 0 Å². The van der Waals surface area contributed by atoms with Crippen molar-refractivity contribution in [3.05, 3.63) is 24.0 Å². The van der Waals surface area contributed by atoms with Crippen LogP contribution in [0.2, 0.25) is 0 Å². The maximum atomic E-state index is 11.1. The van der Waals surface area contributed by atoms with Gasteiger partial charge in [0, 0.05) is 51.2 Å². The van der Waals surface area contributed by atoms with Gasteiger partial charge in [0.2, 0.25) is 0 Å². The summed E-state index contributed by atoms with van der Waals surface area (Å²) >= 11 is 0. The van der Waals surface area contributed by atoms with E-state index in [1.165, 1.54) is 77.6 Å². The SMILES string of the molecule is C=C1CCC2(CCC(C)CC2)CO1.CC(=O)CCC1(CO)CCC(C)CC1.COC(=O)CCC1(C=O)CC=C(C)CC1.COC(=O)CCC1(CO)CCC(C)CC1.[HH]. The fraction of sp³-hybridized carbons (Fsp3) is 0.833. The number of carbonyl (C=O) groups excluding carboxylic acids is 4. The number of carbonyl (C=O) groups is 4. The molecule has 5 rings (SSSR count). The molecule has 1 saturated heterocycles. The molecular weight excluding hydrogens is 721 g/mol. The highest BCUT2D eigenvalue weighted by Gasteiger charge is 2.38. The molecule has 0 radical (unpaired) electrons. The van der Waals surface area contributed by atoms with Crippen molar-refractivity contribution in [1.82, 2.24) is 0 Å². The first kappa shape index (κ1) is 50.6. The van der Waals surface area contributed by atoms with Gasteiger partial charge in [0.1, 0.15) is 12.1 Å². The Balaban J connectivity index is 0.000000385. The van der Waals surface area contributed by atoms with E-state index in [-0.39, 0.29) is 48.6 Å². The van der Waals surface area contributed by atoms with Crippen LogP contribution in [0, 0.1) is 39.4 Å². The van der Waals surface area contributed by atoms with E-state index >= 15 is 0 Å². The molecule has 9 heteroatoms. The van der Waals surface area contributed by atoms with Crippen molar-refractivity contribution in [3.63, 3.8) is 0 Å². The Morgan fingerprint density at radius 2 is 1.21 bits per heavy atom. The van der Waals surface area contributed by atoms with Crippen LogP contribution in [-0.4, -0.2) is 68.3 Å². The minimum atomic E-state index is -0.326. The van der Waals surface area contributed by atoms with Gasteiger partial charge < -0.3 is 34.0 Å². The lowest BCUT2D eigenvalue weighted by atomic mass is 9.68. The number of methoxy groups -OCH3 is 2. The van der Waals surface area contributed by atoms with Gasteiger partial charge in [-0.25, -0.2) is 0 Å². The van der Waals surface area contributed by atoms with Gasteiger partial charge in [0.05, 0.1) is 26.6 Å². The molecule has 1 atom stereocenters. The number of ether oxygens (including phenoxy) is 3. The van der Waals surface area contributed by atoms with Crippen molar-refractivity contribution in [2.45, 2.75) is 182 Å². The Labute approximate surface area is 348 Å². The Morgan fingerprint density at radius 1 is 0.754 bits per heavy atom. The highest BCUT2D eigenvalue weighted by atomic mass is 16.5. The van der Waals surface area contributed by atoms with Crippen molar-refractivity contribution >= 4 is 24.0 Å². The van der Waals surface area contributed by atoms with Crippen molar-refractivity contribution in [1.29, 1.82) is 0 Å². The molecule has 0 amide bonds. The van der Waals surface area contributed by atoms with Crippen LogP contribution < -0.4 is 0 Å². The summed E-state index contributed by atoms with van der Waals surface area (Å²) in [6, 6.07) is 0. The number of allylic oxidation sites excluding steroid dienone is 3. The van der Waals surface area contributed by atoms with Crippen LogP contribution in [-0.2, 0) is 33.4 Å². The summed E-state index contributed by atoms with van der Waals surface area (Å²) < 4.78 is 14.8. The van der Waals surface area contributed by atoms with Gasteiger partial charge in [-0.3, -0.25) is 9.59 Å². The van der Waals surface area contributed by atoms with Crippen molar-refractivity contribution in [2.24, 2.45) is 39.4 Å². The molecule has 3 saturated carbocycles. The highest BCUT2D eigenvalue weighted by Crippen LogP contribution is 2.46. The zero-order valence-electron chi connectivity index (χ0n) is 37.2. The first-order chi connectivity index (χ1) is 27.0. The second-order valence-electron chi connectivity index (χ2n) is 19.3. The standard InChI is InChI=1S/C12H22O3.C12H18O3.C12H22O2.C12H20O.H2/c2*1-10-3-6-12(9-13,7-4-10)8-5-11(14)15-2;1-10-3-6-12(9-13,7-4-10)8-5-11(2)14;1-10-3-6-12(7-4-10)8-5-11(2)13-9-12;/h10,13H,3-9H2,1-2H3;3,9H,4-8H2,1-2H3;10,13H,3-9H2,1-2H3;10H,2-9H2,1H3;1H. The Morgan fingerprint density at radius 3 is 1.58 bits per heavy atom. The maximum absolute atomic E-state index is 11.1. The molecule has 0 aromatic rings. The summed E-state index contributed by atoms with van der Waals surface area (Å²) in [6.07, 6.45) is 26.3. The van der Waals surface area contributed by atoms with E-state index in [2.05, 4.69) is 49.8 Å². The number of aliphatic hydroxyl groups is 2. The molecule has 57 heavy (non-hydrogen) atoms. The van der Waals surface area contributed by atoms with Crippen LogP contribution in [0.15, 0.2) is 24.0 Å². The molecule has 1 spiro atoms. The van der Waals surface area contributed by atoms with Gasteiger partial charge >= 0.3 is 11.9 Å². The molecule has 330 valence electrons. The smallest absolute Gasteiger partial charge is 0.305 e. The quantitative estimate of drug-likeness (QED) is 0.112. The number of aldehydes is 1. The topological polar surface area (TPSA) is 136 Å². The number of esters is 2. The molecule has 9 nitrogen and oxygen atoms in total. The maximum Gasteiger partial charge on any atom is 0.305 e. The van der Waals surface area contributed by atoms with Crippen LogP contribution in [0.5, 0.6) is 0 Å². The molecule has 1 unspecified atom stereocenters. The summed E-state index contributed by atoms with van der Waals surface area (Å²) in [5.74, 6) is 3.36. The monoisotopic (exact) mass is 805 g/mol. The number of rotatable bonds is 12. The molecule has 1 heterocycles. The van der Waals surface area contributed by atoms with Crippen molar-refractivity contribution < 1.29 is 45.0 Å². The average molecular weight is 805 g/mol. The van der Waals surface area contributed by atoms with E-state index in [0.717, 1.165) is 101 Å². The Bertz CT molecular complexity index is 1260. The third-order valence-corrected chi connectivity index (χ3v) is 14.5. The largest absolute Gasteiger partial charge is 0.498 e. The summed E-state index contributed by atoms with van der Waals surface area (Å²) in [7, 11) is 2.79. The molecule has 0 aromatic heterocycles. The summed E-state index contributed by atoms with van der Waals surface area (Å²) in [6.45, 7) is 15.9. The van der Waals surface area contributed by atoms with Gasteiger partial charge in [0.15, 0.2) is 0 Å². The molecule has 0 aromatic carbocycles. The van der Waals surface area contributed by atoms with Crippen LogP contribution in [0.25, 0.3) is 0 Å². The van der Waals surface area contributed by atoms with Gasteiger partial charge in [0.25, 0.3) is 0 Å². The zero-order valence-corrected chi connectivity index (χ0v) is 37.2. The van der Waals surface area contributed by atoms with E-state index < -0.39 is 0 Å². The lowest BCUT2D eigenvalue weighted by Crippen LogP contribution is -2.34. The Kier molecular flexibility index (Phi) is 22.4. The number of Topliss-reactive ketones (excluding diaryl/α,β-unsaturated/α-hetero) is 1. The summed E-state index contributed by atoms with van der Waals surface area (Å²) in [5, 5.41) is 18.9. The van der Waals surface area contributed by atoms with Gasteiger partial charge in [-0.1, -0.05) is 77.5 Å². The van der Waals surface area contributed by atoms with Crippen LogP contribution in [0.1, 0.15) is 184 Å². The third kappa shape index (κ3) is 18.1. The molecule has 2 N–H and O–H groups in total. The highest BCUT2D eigenvalue weighted by molar-refractivity contribution is 5.75. The van der Waals surface area contributed by atoms with E-state index in [4.69, 9.17) is 4.74 Å². The first-order valence-corrected chi connectivity index (χ1v) is 22.3. The molecule has 0 bridgehead atoms. The summed E-state index contributed by atoms with van der Waals surface area (Å²) in [4.78, 5) is 44.1. The van der Waals surface area contributed by atoms with Crippen molar-refractivity contribution in [2.75, 3.05) is 34.0 Å². The fourth-order valence-electron chi connectivity index (χ4n) is 9.08. The van der Waals surface area contributed by atoms with E-state index in [1.54, 1.807) is 6.92 Å². The molecule has 4 aliphatic carbocycles. The predicted octanol–water partition coefficient (Wildman–Crippen LogP) is 10.7. The van der Waals surface area contributed by atoms with Crippen LogP contribution in [0.4, 0.5) is 0 Å². The number of aliphatic hydroxyl groups excluding tert-OH is 2.